The van der Waals surface area contributed by atoms with Crippen LogP contribution in [0.3, 0.4) is 0 Å². The van der Waals surface area contributed by atoms with Crippen LogP contribution >= 0.6 is 0 Å². The lowest BCUT2D eigenvalue weighted by Crippen LogP contribution is -2.36. The number of nitrogens with one attached hydrogen (secondary N) is 2. The number of aldehydes is 1. The van der Waals surface area contributed by atoms with Crippen molar-refractivity contribution in [1.29, 1.82) is 0 Å². The van der Waals surface area contributed by atoms with Gasteiger partial charge in [-0.25, -0.2) is 19.3 Å². The minimum absolute atomic E-state index is 0.262. The van der Waals surface area contributed by atoms with Crippen molar-refractivity contribution in [3.05, 3.63) is 73.5 Å². The molecule has 11 nitrogen and oxygen atoms in total. The van der Waals surface area contributed by atoms with Gasteiger partial charge in [-0.05, 0) is 76.7 Å². The number of allylic oxidation sites excluding steroid dienone is 1. The Morgan fingerprint density at radius 2 is 1.83 bits per heavy atom. The van der Waals surface area contributed by atoms with E-state index in [9.17, 15) is 5.11 Å². The molecule has 0 saturated carbocycles. The monoisotopic (exact) mass is 629 g/mol. The van der Waals surface area contributed by atoms with E-state index in [1.165, 1.54) is 18.5 Å². The zero-order valence-corrected chi connectivity index (χ0v) is 26.4. The molecule has 2 fully saturated rings. The number of nitrogens with zero attached hydrogens (tertiary/aromatic N) is 5. The molecular weight excluding hydrogens is 589 g/mol. The molecule has 0 amide bonds. The molecule has 1 unspecified atom stereocenters. The lowest BCUT2D eigenvalue weighted by atomic mass is 10.0. The number of rotatable bonds is 9. The summed E-state index contributed by atoms with van der Waals surface area (Å²) in [7, 11) is 3.78. The Hall–Kier alpha value is -4.81. The van der Waals surface area contributed by atoms with Crippen molar-refractivity contribution in [1.82, 2.24) is 19.9 Å². The maximum Gasteiger partial charge on any atom is 0.150 e. The number of aliphatic hydroxyl groups is 1. The molecule has 2 aromatic heterocycles. The first-order valence-electron chi connectivity index (χ1n) is 15.2. The van der Waals surface area contributed by atoms with Gasteiger partial charge in [0.15, 0.2) is 0 Å². The number of β-amino-alcohol motifs (C(OH)–C–C–N with tert-alkyl or cyclic N) is 1. The highest BCUT2D eigenvalue weighted by Gasteiger charge is 2.32. The van der Waals surface area contributed by atoms with Gasteiger partial charge in [0.2, 0.25) is 0 Å². The Kier molecular flexibility index (Phi) is 10.3. The molecule has 242 valence electrons. The van der Waals surface area contributed by atoms with Crippen LogP contribution in [0.1, 0.15) is 26.2 Å². The average molecular weight is 630 g/mol. The summed E-state index contributed by atoms with van der Waals surface area (Å²) in [6.45, 7) is 8.20. The van der Waals surface area contributed by atoms with Crippen LogP contribution in [-0.2, 0) is 4.79 Å². The molecule has 4 heterocycles. The Labute approximate surface area is 268 Å². The molecule has 12 heteroatoms. The van der Waals surface area contributed by atoms with Gasteiger partial charge < -0.3 is 35.0 Å². The number of piperidine rings is 1. The third-order valence-corrected chi connectivity index (χ3v) is 8.05. The zero-order valence-electron chi connectivity index (χ0n) is 26.4. The molecule has 0 radical (unpaired) electrons. The fraction of sp³-hybridized carbons (Fsp3) is 0.353. The third kappa shape index (κ3) is 8.06. The van der Waals surface area contributed by atoms with E-state index in [-0.39, 0.29) is 5.69 Å². The maximum atomic E-state index is 15.3. The largest absolute Gasteiger partial charge is 0.495 e. The SMILES string of the molecule is C=CC=O.COc1cc2ncnc(Nc3ccc(Oc4ccnc(N5CCC(C)(O)C5)c4)cc3F)c2cc1NC1CCN(C)CC1. The third-order valence-electron chi connectivity index (χ3n) is 8.05. The van der Waals surface area contributed by atoms with Gasteiger partial charge in [-0.2, -0.15) is 0 Å². The normalized spacial score (nSPS) is 18.4. The highest BCUT2D eigenvalue weighted by Crippen LogP contribution is 2.36. The zero-order chi connectivity index (χ0) is 32.7. The Balaban J connectivity index is 0.000000985. The summed E-state index contributed by atoms with van der Waals surface area (Å²) in [5.41, 5.74) is 1.07. The number of hydrogen-bond donors (Lipinski definition) is 3. The Morgan fingerprint density at radius 3 is 2.50 bits per heavy atom. The smallest absolute Gasteiger partial charge is 0.150 e. The lowest BCUT2D eigenvalue weighted by Gasteiger charge is -2.30. The van der Waals surface area contributed by atoms with Crippen molar-refractivity contribution < 1.29 is 23.8 Å². The van der Waals surface area contributed by atoms with Crippen molar-refractivity contribution in [2.45, 2.75) is 37.8 Å². The van der Waals surface area contributed by atoms with Gasteiger partial charge in [0, 0.05) is 48.9 Å². The molecule has 2 aliphatic heterocycles. The number of anilines is 4. The number of fused-ring (bicyclic) bond motifs is 1. The number of hydrogen-bond acceptors (Lipinski definition) is 11. The summed E-state index contributed by atoms with van der Waals surface area (Å²) < 4.78 is 26.9. The highest BCUT2D eigenvalue weighted by atomic mass is 19.1. The predicted octanol–water partition coefficient (Wildman–Crippen LogP) is 5.55. The standard InChI is InChI=1S/C31H36FN7O3.C3H4O/c1-31(40)9-13-39(18-31)29-15-22(6-10-33-29)42-21-4-5-25(24(32)14-21)37-30-23-16-27(36-20-7-11-38(2)12-8-20)28(41-3)17-26(23)34-19-35-30;1-2-3-4/h4-6,10,14-17,19-20,36,40H,7-9,11-13,18H2,1-3H3,(H,34,35,37);2-3H,1H2. The van der Waals surface area contributed by atoms with E-state index in [0.29, 0.717) is 66.2 Å². The number of halogens is 1. The van der Waals surface area contributed by atoms with E-state index in [2.05, 4.69) is 44.1 Å². The second kappa shape index (κ2) is 14.5. The van der Waals surface area contributed by atoms with E-state index < -0.39 is 11.4 Å². The Bertz CT molecular complexity index is 1670. The van der Waals surface area contributed by atoms with Crippen LogP contribution in [0.2, 0.25) is 0 Å². The number of ether oxygens (including phenoxy) is 2. The van der Waals surface area contributed by atoms with Crippen LogP contribution in [0.15, 0.2) is 67.6 Å². The van der Waals surface area contributed by atoms with E-state index >= 15 is 4.39 Å². The molecule has 4 aromatic rings. The summed E-state index contributed by atoms with van der Waals surface area (Å²) in [6.07, 6.45) is 7.67. The fourth-order valence-corrected chi connectivity index (χ4v) is 5.54. The number of pyridine rings is 1. The van der Waals surface area contributed by atoms with Gasteiger partial charge in [0.25, 0.3) is 0 Å². The van der Waals surface area contributed by atoms with Crippen LogP contribution in [0.5, 0.6) is 17.2 Å². The highest BCUT2D eigenvalue weighted by molar-refractivity contribution is 5.95. The number of carbonyl (C=O) groups is 1. The summed E-state index contributed by atoms with van der Waals surface area (Å²) in [5.74, 6) is 2.30. The first kappa shape index (κ1) is 32.6. The predicted molar refractivity (Wildman–Crippen MR) is 178 cm³/mol. The molecule has 0 spiro atoms. The van der Waals surface area contributed by atoms with Crippen LogP contribution < -0.4 is 25.0 Å². The van der Waals surface area contributed by atoms with Gasteiger partial charge >= 0.3 is 0 Å². The second-order valence-corrected chi connectivity index (χ2v) is 11.8. The summed E-state index contributed by atoms with van der Waals surface area (Å²) >= 11 is 0. The molecule has 2 aromatic carbocycles. The Morgan fingerprint density at radius 1 is 1.07 bits per heavy atom. The molecule has 3 N–H and O–H groups in total. The van der Waals surface area contributed by atoms with Crippen LogP contribution in [-0.4, -0.2) is 83.2 Å². The van der Waals surface area contributed by atoms with Crippen molar-refractivity contribution in [2.24, 2.45) is 0 Å². The number of methoxy groups -OCH3 is 1. The lowest BCUT2D eigenvalue weighted by molar-refractivity contribution is -0.104. The van der Waals surface area contributed by atoms with Crippen molar-refractivity contribution >= 4 is 40.2 Å². The minimum atomic E-state index is -0.740. The average Bonchev–Trinajstić information content (AvgIpc) is 3.43. The summed E-state index contributed by atoms with van der Waals surface area (Å²) in [5, 5.41) is 17.8. The van der Waals surface area contributed by atoms with Crippen LogP contribution in [0.4, 0.5) is 27.4 Å². The molecule has 0 bridgehead atoms. The van der Waals surface area contributed by atoms with Gasteiger partial charge in [-0.3, -0.25) is 4.79 Å². The topological polar surface area (TPSA) is 125 Å². The molecule has 2 aliphatic rings. The molecular formula is C34H40FN7O4. The van der Waals surface area contributed by atoms with Gasteiger partial charge in [0.05, 0.1) is 29.6 Å². The summed E-state index contributed by atoms with van der Waals surface area (Å²) in [4.78, 5) is 26.6. The van der Waals surface area contributed by atoms with E-state index in [1.807, 2.05) is 24.0 Å². The first-order valence-corrected chi connectivity index (χ1v) is 15.2. The van der Waals surface area contributed by atoms with Crippen molar-refractivity contribution in [3.63, 3.8) is 0 Å². The first-order chi connectivity index (χ1) is 22.2. The maximum absolute atomic E-state index is 15.3. The van der Waals surface area contributed by atoms with Gasteiger partial charge in [0.1, 0.15) is 47.3 Å². The van der Waals surface area contributed by atoms with Gasteiger partial charge in [-0.1, -0.05) is 6.58 Å². The number of benzene rings is 2. The molecule has 2 saturated heterocycles. The molecule has 1 atom stereocenters. The molecule has 46 heavy (non-hydrogen) atoms. The minimum Gasteiger partial charge on any atom is -0.495 e. The van der Waals surface area contributed by atoms with Crippen molar-refractivity contribution in [3.8, 4) is 17.2 Å². The summed E-state index contributed by atoms with van der Waals surface area (Å²) in [6, 6.07) is 12.3. The van der Waals surface area contributed by atoms with Crippen molar-refractivity contribution in [2.75, 3.05) is 55.9 Å². The van der Waals surface area contributed by atoms with E-state index in [1.54, 1.807) is 37.6 Å². The van der Waals surface area contributed by atoms with E-state index in [0.717, 1.165) is 37.0 Å². The van der Waals surface area contributed by atoms with Crippen LogP contribution in [0.25, 0.3) is 10.9 Å². The fourth-order valence-electron chi connectivity index (χ4n) is 5.54. The number of aromatic nitrogens is 3. The van der Waals surface area contributed by atoms with E-state index in [4.69, 9.17) is 14.3 Å². The number of likely N-dealkylation sites (tertiary alicyclic amines) is 1. The second-order valence-electron chi connectivity index (χ2n) is 11.8. The number of carbonyl (C=O) groups excluding carboxylic acids is 1. The quantitative estimate of drug-likeness (QED) is 0.160. The molecule has 0 aliphatic carbocycles. The van der Waals surface area contributed by atoms with Gasteiger partial charge in [-0.15, -0.1) is 0 Å². The molecule has 6 rings (SSSR count). The van der Waals surface area contributed by atoms with Crippen LogP contribution in [0, 0.1) is 5.82 Å².